The second-order valence-electron chi connectivity index (χ2n) is 1.42. The molecule has 0 aromatic carbocycles. The van der Waals surface area contributed by atoms with Crippen LogP contribution in [-0.2, 0) is 0 Å². The van der Waals surface area contributed by atoms with Gasteiger partial charge in [0.15, 0.2) is 0 Å². The molecule has 0 amide bonds. The van der Waals surface area contributed by atoms with Gasteiger partial charge in [-0.05, 0) is 6.42 Å². The van der Waals surface area contributed by atoms with E-state index in [-0.39, 0.29) is 0 Å². The molecule has 0 bridgehead atoms. The van der Waals surface area contributed by atoms with Crippen LogP contribution >= 0.6 is 23.2 Å². The van der Waals surface area contributed by atoms with E-state index in [1.165, 1.54) is 0 Å². The van der Waals surface area contributed by atoms with Crippen molar-refractivity contribution in [1.82, 2.24) is 0 Å². The first-order valence-corrected chi connectivity index (χ1v) is 2.69. The summed E-state index contributed by atoms with van der Waals surface area (Å²) in [4.78, 5) is 0. The Morgan fingerprint density at radius 1 is 1.67 bits per heavy atom. The third-order valence-electron chi connectivity index (χ3n) is 0.621. The molecule has 0 aromatic rings. The molecule has 0 unspecified atom stereocenters. The lowest BCUT2D eigenvalue weighted by molar-refractivity contribution is 0.973. The number of hydrogen-bond acceptors (Lipinski definition) is 0. The van der Waals surface area contributed by atoms with E-state index < -0.39 is 4.23 Å². The first kappa shape index (κ1) is 6.64. The summed E-state index contributed by atoms with van der Waals surface area (Å²) in [5.41, 5.74) is 0. The van der Waals surface area contributed by atoms with Crippen molar-refractivity contribution in [2.75, 3.05) is 0 Å². The molecule has 0 saturated heterocycles. The van der Waals surface area contributed by atoms with Crippen molar-refractivity contribution >= 4 is 31.0 Å². The molecular formula is C3H7BCl2. The molecule has 3 heteroatoms. The molecule has 0 fully saturated rings. The molecule has 0 aliphatic rings. The Hall–Kier alpha value is 0.645. The van der Waals surface area contributed by atoms with Crippen LogP contribution < -0.4 is 0 Å². The summed E-state index contributed by atoms with van der Waals surface area (Å²) in [5.74, 6) is 0. The third kappa shape index (κ3) is 4.64. The van der Waals surface area contributed by atoms with Gasteiger partial charge in [-0.2, -0.15) is 0 Å². The molecule has 0 radical (unpaired) electrons. The zero-order chi connectivity index (χ0) is 5.21. The van der Waals surface area contributed by atoms with Crippen LogP contribution in [0.3, 0.4) is 0 Å². The van der Waals surface area contributed by atoms with Gasteiger partial charge in [-0.25, -0.2) is 0 Å². The van der Waals surface area contributed by atoms with E-state index in [9.17, 15) is 0 Å². The van der Waals surface area contributed by atoms with Crippen LogP contribution in [0.1, 0.15) is 13.3 Å². The first-order chi connectivity index (χ1) is 2.56. The van der Waals surface area contributed by atoms with Gasteiger partial charge in [0, 0.05) is 0 Å². The van der Waals surface area contributed by atoms with E-state index in [4.69, 9.17) is 23.2 Å². The van der Waals surface area contributed by atoms with E-state index >= 15 is 0 Å². The molecule has 0 heterocycles. The molecule has 0 rings (SSSR count). The van der Waals surface area contributed by atoms with E-state index in [0.29, 0.717) is 0 Å². The van der Waals surface area contributed by atoms with E-state index in [2.05, 4.69) is 0 Å². The van der Waals surface area contributed by atoms with Crippen molar-refractivity contribution in [3.8, 4) is 0 Å². The van der Waals surface area contributed by atoms with E-state index in [1.807, 2.05) is 6.92 Å². The van der Waals surface area contributed by atoms with Crippen LogP contribution in [0.25, 0.3) is 0 Å². The van der Waals surface area contributed by atoms with E-state index in [0.717, 1.165) is 6.42 Å². The highest BCUT2D eigenvalue weighted by molar-refractivity contribution is 6.65. The Balaban J connectivity index is 3.17. The Morgan fingerprint density at radius 3 is 1.83 bits per heavy atom. The molecule has 0 aromatic heterocycles. The topological polar surface area (TPSA) is 0 Å². The average Bonchev–Trinajstić information content (AvgIpc) is 1.35. The highest BCUT2D eigenvalue weighted by Crippen LogP contribution is 2.18. The molecule has 0 saturated carbocycles. The predicted octanol–water partition coefficient (Wildman–Crippen LogP) is 1.16. The average molecular weight is 125 g/mol. The first-order valence-electron chi connectivity index (χ1n) is 1.94. The quantitative estimate of drug-likeness (QED) is 0.364. The fourth-order valence-electron chi connectivity index (χ4n) is 0. The molecular weight excluding hydrogens is 118 g/mol. The molecule has 36 valence electrons. The van der Waals surface area contributed by atoms with E-state index in [1.54, 1.807) is 7.85 Å². The van der Waals surface area contributed by atoms with Crippen molar-refractivity contribution in [3.63, 3.8) is 0 Å². The minimum atomic E-state index is -0.514. The van der Waals surface area contributed by atoms with Crippen molar-refractivity contribution in [1.29, 1.82) is 0 Å². The largest absolute Gasteiger partial charge is 0.148 e. The zero-order valence-electron chi connectivity index (χ0n) is 3.96. The van der Waals surface area contributed by atoms with Gasteiger partial charge in [0.1, 0.15) is 7.85 Å². The molecule has 0 aliphatic carbocycles. The third-order valence-corrected chi connectivity index (χ3v) is 1.16. The highest BCUT2D eigenvalue weighted by atomic mass is 35.5. The summed E-state index contributed by atoms with van der Waals surface area (Å²) in [6.07, 6.45) is 0.802. The number of rotatable bonds is 1. The summed E-state index contributed by atoms with van der Waals surface area (Å²) < 4.78 is -0.514. The maximum absolute atomic E-state index is 5.48. The highest BCUT2D eigenvalue weighted by Gasteiger charge is 2.10. The van der Waals surface area contributed by atoms with Crippen LogP contribution in [0.2, 0.25) is 0 Å². The lowest BCUT2D eigenvalue weighted by Gasteiger charge is -2.05. The standard InChI is InChI=1S/C3H7BCl2/c1-2-3(4,5)6/h2,4H2,1H3. The van der Waals surface area contributed by atoms with Gasteiger partial charge in [0.05, 0.1) is 4.23 Å². The molecule has 0 nitrogen and oxygen atoms in total. The fourth-order valence-corrected chi connectivity index (χ4v) is 0. The van der Waals surface area contributed by atoms with Crippen LogP contribution in [0.5, 0.6) is 0 Å². The normalized spacial score (nSPS) is 11.8. The van der Waals surface area contributed by atoms with Crippen LogP contribution in [0.4, 0.5) is 0 Å². The Kier molecular flexibility index (Phi) is 2.31. The van der Waals surface area contributed by atoms with Crippen molar-refractivity contribution in [3.05, 3.63) is 0 Å². The molecule has 0 aliphatic heterocycles. The maximum atomic E-state index is 5.48. The zero-order valence-corrected chi connectivity index (χ0v) is 5.47. The fraction of sp³-hybridized carbons (Fsp3) is 1.00. The maximum Gasteiger partial charge on any atom is 0.148 e. The second kappa shape index (κ2) is 2.08. The van der Waals surface area contributed by atoms with Gasteiger partial charge in [0.25, 0.3) is 0 Å². The monoisotopic (exact) mass is 124 g/mol. The molecule has 6 heavy (non-hydrogen) atoms. The summed E-state index contributed by atoms with van der Waals surface area (Å²) >= 11 is 11.0. The lowest BCUT2D eigenvalue weighted by Crippen LogP contribution is -2.08. The van der Waals surface area contributed by atoms with Gasteiger partial charge in [-0.1, -0.05) is 6.92 Å². The Labute approximate surface area is 49.2 Å². The number of alkyl halides is 2. The Bertz CT molecular complexity index is 38.5. The van der Waals surface area contributed by atoms with Crippen LogP contribution in [-0.4, -0.2) is 12.1 Å². The second-order valence-corrected chi connectivity index (χ2v) is 3.29. The number of hydrogen-bond donors (Lipinski definition) is 0. The van der Waals surface area contributed by atoms with Gasteiger partial charge in [-0.15, -0.1) is 23.2 Å². The molecule has 0 N–H and O–H groups in total. The van der Waals surface area contributed by atoms with Crippen molar-refractivity contribution in [2.45, 2.75) is 17.6 Å². The van der Waals surface area contributed by atoms with Gasteiger partial charge < -0.3 is 0 Å². The summed E-state index contributed by atoms with van der Waals surface area (Å²) in [6, 6.07) is 0. The lowest BCUT2D eigenvalue weighted by atomic mass is 10.0. The predicted molar refractivity (Wildman–Crippen MR) is 33.3 cm³/mol. The number of halogens is 2. The molecule has 0 spiro atoms. The van der Waals surface area contributed by atoms with Crippen LogP contribution in [0, 0.1) is 0 Å². The van der Waals surface area contributed by atoms with Crippen LogP contribution in [0.15, 0.2) is 0 Å². The smallest absolute Gasteiger partial charge is 0.112 e. The minimum Gasteiger partial charge on any atom is -0.112 e. The molecule has 0 atom stereocenters. The minimum absolute atomic E-state index is 0.514. The van der Waals surface area contributed by atoms with Crippen molar-refractivity contribution < 1.29 is 0 Å². The van der Waals surface area contributed by atoms with Gasteiger partial charge >= 0.3 is 0 Å². The summed E-state index contributed by atoms with van der Waals surface area (Å²) in [7, 11) is 1.77. The Morgan fingerprint density at radius 2 is 1.83 bits per heavy atom. The van der Waals surface area contributed by atoms with Crippen molar-refractivity contribution in [2.24, 2.45) is 0 Å². The summed E-state index contributed by atoms with van der Waals surface area (Å²) in [6.45, 7) is 1.94. The summed E-state index contributed by atoms with van der Waals surface area (Å²) in [5, 5.41) is 0. The van der Waals surface area contributed by atoms with Gasteiger partial charge in [0.2, 0.25) is 0 Å². The van der Waals surface area contributed by atoms with Gasteiger partial charge in [-0.3, -0.25) is 0 Å². The SMILES string of the molecule is BC(Cl)(Cl)CC.